The number of alkyl halides is 3. The normalized spacial score (nSPS) is 18.1. The van der Waals surface area contributed by atoms with Gasteiger partial charge in [-0.25, -0.2) is 0 Å². The molecule has 1 fully saturated rings. The number of thiophene rings is 1. The molecule has 0 aliphatic heterocycles. The van der Waals surface area contributed by atoms with E-state index in [9.17, 15) is 13.2 Å². The molecule has 1 heterocycles. The van der Waals surface area contributed by atoms with Crippen LogP contribution in [-0.4, -0.2) is 11.7 Å². The Morgan fingerprint density at radius 2 is 2.19 bits per heavy atom. The summed E-state index contributed by atoms with van der Waals surface area (Å²) in [6.07, 6.45) is -3.89. The average Bonchev–Trinajstić information content (AvgIpc) is 2.88. The van der Waals surface area contributed by atoms with Crippen molar-refractivity contribution in [2.75, 3.05) is 0 Å². The third kappa shape index (κ3) is 2.06. The van der Waals surface area contributed by atoms with Gasteiger partial charge in [-0.05, 0) is 18.9 Å². The van der Waals surface area contributed by atoms with E-state index in [2.05, 4.69) is 5.32 Å². The molecule has 2 rings (SSSR count). The van der Waals surface area contributed by atoms with Gasteiger partial charge in [0, 0.05) is 16.8 Å². The Labute approximate surface area is 94.7 Å². The maximum atomic E-state index is 12.6. The van der Waals surface area contributed by atoms with Crippen LogP contribution in [0.3, 0.4) is 0 Å². The molecule has 1 aromatic heterocycles. The van der Waals surface area contributed by atoms with Crippen molar-refractivity contribution in [1.82, 2.24) is 5.32 Å². The van der Waals surface area contributed by atoms with Crippen molar-refractivity contribution in [1.29, 1.82) is 5.26 Å². The quantitative estimate of drug-likeness (QED) is 0.890. The minimum atomic E-state index is -4.18. The zero-order valence-electron chi connectivity index (χ0n) is 8.27. The van der Waals surface area contributed by atoms with Gasteiger partial charge in [-0.3, -0.25) is 5.32 Å². The first-order chi connectivity index (χ1) is 7.47. The first kappa shape index (κ1) is 11.4. The number of rotatable bonds is 3. The van der Waals surface area contributed by atoms with E-state index in [0.29, 0.717) is 5.56 Å². The largest absolute Gasteiger partial charge is 0.406 e. The highest BCUT2D eigenvalue weighted by Crippen LogP contribution is 2.49. The summed E-state index contributed by atoms with van der Waals surface area (Å²) in [5.74, 6) is 0. The van der Waals surface area contributed by atoms with Gasteiger partial charge in [-0.15, -0.1) is 11.3 Å². The van der Waals surface area contributed by atoms with E-state index in [1.165, 1.54) is 11.3 Å². The lowest BCUT2D eigenvalue weighted by atomic mass is 10.2. The number of hydrogen-bond donors (Lipinski definition) is 1. The van der Waals surface area contributed by atoms with Gasteiger partial charge in [-0.1, -0.05) is 0 Å². The molecule has 16 heavy (non-hydrogen) atoms. The Balaban J connectivity index is 1.96. The third-order valence-electron chi connectivity index (χ3n) is 2.68. The molecule has 0 saturated heterocycles. The molecular formula is C10H9F3N2S. The highest BCUT2D eigenvalue weighted by molar-refractivity contribution is 7.10. The lowest BCUT2D eigenvalue weighted by Crippen LogP contribution is -2.44. The highest BCUT2D eigenvalue weighted by atomic mass is 32.1. The number of nitrogens with one attached hydrogen (secondary N) is 1. The molecule has 0 unspecified atom stereocenters. The van der Waals surface area contributed by atoms with Crippen LogP contribution in [0.5, 0.6) is 0 Å². The van der Waals surface area contributed by atoms with Gasteiger partial charge in [0.2, 0.25) is 0 Å². The Morgan fingerprint density at radius 3 is 2.62 bits per heavy atom. The minimum absolute atomic E-state index is 0.146. The van der Waals surface area contributed by atoms with E-state index in [4.69, 9.17) is 5.26 Å². The van der Waals surface area contributed by atoms with Crippen LogP contribution >= 0.6 is 11.3 Å². The van der Waals surface area contributed by atoms with Crippen LogP contribution in [0.15, 0.2) is 11.4 Å². The summed E-state index contributed by atoms with van der Waals surface area (Å²) in [5.41, 5.74) is -1.18. The average molecular weight is 246 g/mol. The number of hydrogen-bond acceptors (Lipinski definition) is 3. The molecule has 86 valence electrons. The summed E-state index contributed by atoms with van der Waals surface area (Å²) in [4.78, 5) is 0.757. The van der Waals surface area contributed by atoms with E-state index in [1.54, 1.807) is 11.4 Å². The van der Waals surface area contributed by atoms with Gasteiger partial charge in [-0.2, -0.15) is 18.4 Å². The van der Waals surface area contributed by atoms with Crippen LogP contribution in [0.4, 0.5) is 13.2 Å². The number of nitrogens with zero attached hydrogens (tertiary/aromatic N) is 1. The fourth-order valence-corrected chi connectivity index (χ4v) is 2.22. The molecule has 6 heteroatoms. The summed E-state index contributed by atoms with van der Waals surface area (Å²) >= 11 is 1.30. The second kappa shape index (κ2) is 3.75. The highest BCUT2D eigenvalue weighted by Gasteiger charge is 2.62. The van der Waals surface area contributed by atoms with Gasteiger partial charge in [0.1, 0.15) is 11.6 Å². The molecule has 2 nitrogen and oxygen atoms in total. The van der Waals surface area contributed by atoms with E-state index < -0.39 is 11.7 Å². The molecule has 0 bridgehead atoms. The van der Waals surface area contributed by atoms with Crippen molar-refractivity contribution in [2.45, 2.75) is 31.1 Å². The fourth-order valence-electron chi connectivity index (χ4n) is 1.47. The monoisotopic (exact) mass is 246 g/mol. The van der Waals surface area contributed by atoms with Gasteiger partial charge in [0.05, 0.1) is 5.56 Å². The maximum Gasteiger partial charge on any atom is 0.406 e. The van der Waals surface area contributed by atoms with Crippen LogP contribution in [0.1, 0.15) is 23.3 Å². The van der Waals surface area contributed by atoms with Crippen molar-refractivity contribution in [3.8, 4) is 6.07 Å². The van der Waals surface area contributed by atoms with E-state index >= 15 is 0 Å². The molecule has 1 aromatic rings. The van der Waals surface area contributed by atoms with Crippen LogP contribution in [0.25, 0.3) is 0 Å². The molecule has 0 spiro atoms. The third-order valence-corrected chi connectivity index (χ3v) is 3.61. The van der Waals surface area contributed by atoms with Crippen molar-refractivity contribution < 1.29 is 13.2 Å². The molecular weight excluding hydrogens is 237 g/mol. The zero-order chi connectivity index (χ0) is 11.8. The Morgan fingerprint density at radius 1 is 1.50 bits per heavy atom. The number of nitriles is 1. The summed E-state index contributed by atoms with van der Waals surface area (Å²) in [6.45, 7) is 0.172. The number of halogens is 3. The van der Waals surface area contributed by atoms with Gasteiger partial charge in [0.15, 0.2) is 0 Å². The molecule has 1 aliphatic carbocycles. The zero-order valence-corrected chi connectivity index (χ0v) is 9.08. The second-order valence-electron chi connectivity index (χ2n) is 3.85. The topological polar surface area (TPSA) is 35.8 Å². The smallest absolute Gasteiger partial charge is 0.299 e. The fraction of sp³-hybridized carbons (Fsp3) is 0.500. The second-order valence-corrected chi connectivity index (χ2v) is 4.84. The van der Waals surface area contributed by atoms with Crippen molar-refractivity contribution in [3.05, 3.63) is 21.9 Å². The molecule has 0 radical (unpaired) electrons. The summed E-state index contributed by atoms with van der Waals surface area (Å²) in [6, 6.07) is 3.57. The predicted molar refractivity (Wildman–Crippen MR) is 53.9 cm³/mol. The van der Waals surface area contributed by atoms with Crippen LogP contribution < -0.4 is 5.32 Å². The Hall–Kier alpha value is -1.06. The van der Waals surface area contributed by atoms with Crippen molar-refractivity contribution in [2.24, 2.45) is 0 Å². The first-order valence-corrected chi connectivity index (χ1v) is 5.64. The lowest BCUT2D eigenvalue weighted by molar-refractivity contribution is -0.166. The standard InChI is InChI=1S/C10H9F3N2S/c11-10(12,13)9(1-2-9)15-5-8-3-7(4-14)6-16-8/h3,6,15H,1-2,5H2. The first-order valence-electron chi connectivity index (χ1n) is 4.76. The summed E-state index contributed by atoms with van der Waals surface area (Å²) in [5, 5.41) is 12.8. The molecule has 1 saturated carbocycles. The lowest BCUT2D eigenvalue weighted by Gasteiger charge is -2.20. The molecule has 0 aromatic carbocycles. The van der Waals surface area contributed by atoms with Crippen LogP contribution in [-0.2, 0) is 6.54 Å². The van der Waals surface area contributed by atoms with Gasteiger partial charge in [0.25, 0.3) is 0 Å². The van der Waals surface area contributed by atoms with E-state index in [-0.39, 0.29) is 19.4 Å². The SMILES string of the molecule is N#Cc1csc(CNC2(C(F)(F)F)CC2)c1. The van der Waals surface area contributed by atoms with Gasteiger partial charge < -0.3 is 0 Å². The van der Waals surface area contributed by atoms with E-state index in [0.717, 1.165) is 4.88 Å². The minimum Gasteiger partial charge on any atom is -0.299 e. The Kier molecular flexibility index (Phi) is 2.68. The predicted octanol–water partition coefficient (Wildman–Crippen LogP) is 2.80. The van der Waals surface area contributed by atoms with E-state index in [1.807, 2.05) is 6.07 Å². The molecule has 0 amide bonds. The Bertz CT molecular complexity index is 426. The summed E-state index contributed by atoms with van der Waals surface area (Å²) < 4.78 is 37.7. The molecule has 0 atom stereocenters. The van der Waals surface area contributed by atoms with Crippen LogP contribution in [0.2, 0.25) is 0 Å². The van der Waals surface area contributed by atoms with Crippen LogP contribution in [0, 0.1) is 11.3 Å². The van der Waals surface area contributed by atoms with Crippen molar-refractivity contribution in [3.63, 3.8) is 0 Å². The van der Waals surface area contributed by atoms with Gasteiger partial charge >= 0.3 is 6.18 Å². The van der Waals surface area contributed by atoms with Crippen molar-refractivity contribution >= 4 is 11.3 Å². The molecule has 1 N–H and O–H groups in total. The maximum absolute atomic E-state index is 12.6. The molecule has 1 aliphatic rings. The summed E-state index contributed by atoms with van der Waals surface area (Å²) in [7, 11) is 0.